The fraction of sp³-hybridized carbons (Fsp3) is 0.625. The Hall–Kier alpha value is -1.50. The monoisotopic (exact) mass is 446 g/mol. The van der Waals surface area contributed by atoms with Gasteiger partial charge in [-0.1, -0.05) is 141 Å². The van der Waals surface area contributed by atoms with Crippen molar-refractivity contribution in [1.82, 2.24) is 0 Å². The highest BCUT2D eigenvalue weighted by Crippen LogP contribution is 2.53. The van der Waals surface area contributed by atoms with Crippen LogP contribution in [0.3, 0.4) is 0 Å². The van der Waals surface area contributed by atoms with Crippen molar-refractivity contribution in [2.45, 2.75) is 102 Å². The molecule has 1 heteroatoms. The minimum absolute atomic E-state index is 0.188. The average molecular weight is 447 g/mol. The molecule has 1 aliphatic rings. The lowest BCUT2D eigenvalue weighted by Crippen LogP contribution is -2.37. The van der Waals surface area contributed by atoms with Crippen LogP contribution in [0.5, 0.6) is 0 Å². The Morgan fingerprint density at radius 3 is 1.91 bits per heavy atom. The molecule has 1 aliphatic carbocycles. The van der Waals surface area contributed by atoms with Gasteiger partial charge in [-0.3, -0.25) is 0 Å². The standard InChI is InChI=1S/C32H51B/c1-23-14-13-15-25(17-16-23)28(30(3,4)5)24(2)22-32(9,10)29(31(6,7)8)26-18-20-27(21-19-26)33(11)12/h13-14,16-21,24,28-29H,15,22H2,1-12H3. The van der Waals surface area contributed by atoms with Crippen molar-refractivity contribution in [2.75, 3.05) is 0 Å². The van der Waals surface area contributed by atoms with Crippen LogP contribution in [0.2, 0.25) is 13.6 Å². The van der Waals surface area contributed by atoms with Crippen LogP contribution in [0.15, 0.2) is 59.7 Å². The second kappa shape index (κ2) is 10.4. The maximum atomic E-state index is 2.51. The molecule has 0 saturated carbocycles. The summed E-state index contributed by atoms with van der Waals surface area (Å²) in [5, 5.41) is 0. The molecule has 0 spiro atoms. The van der Waals surface area contributed by atoms with Crippen molar-refractivity contribution >= 4 is 12.2 Å². The largest absolute Gasteiger partial charge is 0.169 e. The third kappa shape index (κ3) is 7.24. The molecule has 3 unspecified atom stereocenters. The Bertz CT molecular complexity index is 863. The number of hydrogen-bond donors (Lipinski definition) is 0. The van der Waals surface area contributed by atoms with E-state index in [1.807, 2.05) is 0 Å². The van der Waals surface area contributed by atoms with E-state index in [4.69, 9.17) is 0 Å². The van der Waals surface area contributed by atoms with Gasteiger partial charge < -0.3 is 0 Å². The van der Waals surface area contributed by atoms with Crippen molar-refractivity contribution in [3.8, 4) is 0 Å². The van der Waals surface area contributed by atoms with Crippen LogP contribution >= 0.6 is 0 Å². The summed E-state index contributed by atoms with van der Waals surface area (Å²) in [6.45, 7) is 29.4. The highest BCUT2D eigenvalue weighted by molar-refractivity contribution is 6.70. The minimum Gasteiger partial charge on any atom is -0.0819 e. The number of benzene rings is 1. The van der Waals surface area contributed by atoms with Crippen molar-refractivity contribution in [2.24, 2.45) is 28.1 Å². The molecule has 0 amide bonds. The Labute approximate surface area is 207 Å². The van der Waals surface area contributed by atoms with E-state index in [0.29, 0.717) is 24.5 Å². The van der Waals surface area contributed by atoms with Gasteiger partial charge in [-0.2, -0.15) is 0 Å². The predicted molar refractivity (Wildman–Crippen MR) is 152 cm³/mol. The Balaban J connectivity index is 2.41. The fourth-order valence-electron chi connectivity index (χ4n) is 7.01. The molecule has 0 N–H and O–H groups in total. The van der Waals surface area contributed by atoms with Gasteiger partial charge in [-0.15, -0.1) is 0 Å². The van der Waals surface area contributed by atoms with Crippen molar-refractivity contribution < 1.29 is 0 Å². The van der Waals surface area contributed by atoms with Gasteiger partial charge in [-0.05, 0) is 59.3 Å². The van der Waals surface area contributed by atoms with E-state index in [2.05, 4.69) is 131 Å². The van der Waals surface area contributed by atoms with E-state index in [0.717, 1.165) is 6.42 Å². The quantitative estimate of drug-likeness (QED) is 0.366. The number of allylic oxidation sites excluding steroid dienone is 6. The van der Waals surface area contributed by atoms with Gasteiger partial charge in [0.25, 0.3) is 0 Å². The summed E-state index contributed by atoms with van der Waals surface area (Å²) in [6.07, 6.45) is 11.6. The lowest BCUT2D eigenvalue weighted by molar-refractivity contribution is 0.0927. The van der Waals surface area contributed by atoms with Gasteiger partial charge in [0.1, 0.15) is 0 Å². The van der Waals surface area contributed by atoms with E-state index >= 15 is 0 Å². The molecule has 0 bridgehead atoms. The zero-order valence-electron chi connectivity index (χ0n) is 23.8. The first-order valence-corrected chi connectivity index (χ1v) is 13.2. The lowest BCUT2D eigenvalue weighted by Gasteiger charge is -2.47. The molecule has 0 saturated heterocycles. The summed E-state index contributed by atoms with van der Waals surface area (Å²) in [7, 11) is 0. The van der Waals surface area contributed by atoms with Gasteiger partial charge in [0.2, 0.25) is 0 Å². The van der Waals surface area contributed by atoms with Gasteiger partial charge >= 0.3 is 0 Å². The smallest absolute Gasteiger partial charge is 0.0819 e. The van der Waals surface area contributed by atoms with Crippen LogP contribution in [0.1, 0.15) is 93.6 Å². The normalized spacial score (nSPS) is 18.2. The Kier molecular flexibility index (Phi) is 8.75. The first-order valence-electron chi connectivity index (χ1n) is 13.2. The Morgan fingerprint density at radius 1 is 0.848 bits per heavy atom. The maximum Gasteiger partial charge on any atom is 0.169 e. The maximum absolute atomic E-state index is 2.51. The summed E-state index contributed by atoms with van der Waals surface area (Å²) in [6, 6.07) is 9.53. The van der Waals surface area contributed by atoms with Crippen LogP contribution in [0.4, 0.5) is 0 Å². The van der Waals surface area contributed by atoms with E-state index in [1.54, 1.807) is 5.57 Å². The van der Waals surface area contributed by atoms with E-state index < -0.39 is 0 Å². The lowest BCUT2D eigenvalue weighted by atomic mass is 9.49. The molecule has 0 nitrogen and oxygen atoms in total. The van der Waals surface area contributed by atoms with Crippen molar-refractivity contribution in [1.29, 1.82) is 0 Å². The summed E-state index contributed by atoms with van der Waals surface area (Å²) >= 11 is 0. The molecule has 0 radical (unpaired) electrons. The zero-order valence-corrected chi connectivity index (χ0v) is 23.8. The van der Waals surface area contributed by atoms with Crippen molar-refractivity contribution in [3.63, 3.8) is 0 Å². The van der Waals surface area contributed by atoms with E-state index in [1.165, 1.54) is 23.0 Å². The molecular weight excluding hydrogens is 395 g/mol. The second-order valence-corrected chi connectivity index (χ2v) is 13.9. The molecule has 33 heavy (non-hydrogen) atoms. The molecule has 182 valence electrons. The number of rotatable bonds is 7. The predicted octanol–water partition coefficient (Wildman–Crippen LogP) is 9.33. The first kappa shape index (κ1) is 27.7. The zero-order chi connectivity index (χ0) is 25.2. The van der Waals surface area contributed by atoms with Crippen LogP contribution in [0.25, 0.3) is 0 Å². The molecule has 2 rings (SSSR count). The van der Waals surface area contributed by atoms with Gasteiger partial charge in [0.05, 0.1) is 0 Å². The minimum atomic E-state index is 0.188. The molecule has 1 aromatic rings. The second-order valence-electron chi connectivity index (χ2n) is 13.9. The first-order chi connectivity index (χ1) is 15.0. The fourth-order valence-corrected chi connectivity index (χ4v) is 7.01. The van der Waals surface area contributed by atoms with Crippen LogP contribution < -0.4 is 5.46 Å². The van der Waals surface area contributed by atoms with Gasteiger partial charge in [0, 0.05) is 0 Å². The van der Waals surface area contributed by atoms with Gasteiger partial charge in [-0.25, -0.2) is 0 Å². The summed E-state index contributed by atoms with van der Waals surface area (Å²) in [5.74, 6) is 1.66. The van der Waals surface area contributed by atoms with Crippen LogP contribution in [-0.2, 0) is 0 Å². The highest BCUT2D eigenvalue weighted by atomic mass is 14.5. The summed E-state index contributed by atoms with van der Waals surface area (Å²) in [4.78, 5) is 0. The van der Waals surface area contributed by atoms with Crippen LogP contribution in [0, 0.1) is 28.1 Å². The molecule has 0 aliphatic heterocycles. The Morgan fingerprint density at radius 2 is 1.42 bits per heavy atom. The van der Waals surface area contributed by atoms with Gasteiger partial charge in [0.15, 0.2) is 6.71 Å². The van der Waals surface area contributed by atoms with Crippen LogP contribution in [-0.4, -0.2) is 6.71 Å². The van der Waals surface area contributed by atoms with Crippen molar-refractivity contribution in [3.05, 3.63) is 65.3 Å². The topological polar surface area (TPSA) is 0 Å². The number of hydrogen-bond acceptors (Lipinski definition) is 0. The molecule has 0 aromatic heterocycles. The SMILES string of the molecule is CB(C)c1ccc(C(C(C)(C)C)C(C)(C)CC(C)C(C2=CC=C(C)C=CC2)C(C)(C)C)cc1. The summed E-state index contributed by atoms with van der Waals surface area (Å²) < 4.78 is 0. The van der Waals surface area contributed by atoms with E-state index in [-0.39, 0.29) is 16.2 Å². The third-order valence-electron chi connectivity index (χ3n) is 7.63. The average Bonchev–Trinajstić information content (AvgIpc) is 2.83. The molecular formula is C32H51B. The van der Waals surface area contributed by atoms with E-state index in [9.17, 15) is 0 Å². The molecule has 0 heterocycles. The molecule has 0 fully saturated rings. The molecule has 1 aromatic carbocycles. The third-order valence-corrected chi connectivity index (χ3v) is 7.63. The molecule has 3 atom stereocenters. The highest BCUT2D eigenvalue weighted by Gasteiger charge is 2.42. The summed E-state index contributed by atoms with van der Waals surface area (Å²) in [5.41, 5.74) is 6.49.